The van der Waals surface area contributed by atoms with Gasteiger partial charge in [-0.2, -0.15) is 5.10 Å². The molecule has 128 valence electrons. The average molecular weight is 332 g/mol. The van der Waals surface area contributed by atoms with Gasteiger partial charge >= 0.3 is 0 Å². The van der Waals surface area contributed by atoms with E-state index in [1.165, 1.54) is 29.7 Å². The third-order valence-electron chi connectivity index (χ3n) is 4.82. The molecule has 1 atom stereocenters. The van der Waals surface area contributed by atoms with Gasteiger partial charge in [0.2, 0.25) is 0 Å². The number of H-pyrrole nitrogens is 1. The van der Waals surface area contributed by atoms with Crippen LogP contribution in [0, 0.1) is 0 Å². The predicted octanol–water partition coefficient (Wildman–Crippen LogP) is 4.15. The number of nitrogens with one attached hydrogen (secondary N) is 2. The molecule has 0 bridgehead atoms. The van der Waals surface area contributed by atoms with Crippen LogP contribution in [0.3, 0.4) is 0 Å². The Bertz CT molecular complexity index is 782. The lowest BCUT2D eigenvalue weighted by Crippen LogP contribution is -2.41. The molecule has 0 amide bonds. The molecule has 4 heteroatoms. The Morgan fingerprint density at radius 1 is 1.04 bits per heavy atom. The van der Waals surface area contributed by atoms with Crippen molar-refractivity contribution in [3.63, 3.8) is 0 Å². The van der Waals surface area contributed by atoms with Gasteiger partial charge in [-0.15, -0.1) is 0 Å². The molecule has 4 nitrogen and oxygen atoms in total. The molecule has 25 heavy (non-hydrogen) atoms. The van der Waals surface area contributed by atoms with Gasteiger partial charge in [0.1, 0.15) is 0 Å². The lowest BCUT2D eigenvalue weighted by Gasteiger charge is -2.33. The second kappa shape index (κ2) is 7.53. The zero-order valence-corrected chi connectivity index (χ0v) is 14.4. The summed E-state index contributed by atoms with van der Waals surface area (Å²) in [5, 5.41) is 11.1. The summed E-state index contributed by atoms with van der Waals surface area (Å²) in [5.41, 5.74) is 4.82. The minimum Gasteiger partial charge on any atom is -0.381 e. The highest BCUT2D eigenvalue weighted by Crippen LogP contribution is 2.24. The molecular weight excluding hydrogens is 308 g/mol. The number of nitrogens with zero attached hydrogens (tertiary/aromatic N) is 2. The number of rotatable bonds is 5. The van der Waals surface area contributed by atoms with E-state index in [9.17, 15) is 0 Å². The molecular formula is C21H24N4. The molecule has 1 aromatic heterocycles. The fraction of sp³-hybridized carbons (Fsp3) is 0.286. The molecule has 0 unspecified atom stereocenters. The maximum absolute atomic E-state index is 4.28. The van der Waals surface area contributed by atoms with Crippen molar-refractivity contribution in [2.24, 2.45) is 0 Å². The molecule has 2 heterocycles. The van der Waals surface area contributed by atoms with Crippen molar-refractivity contribution in [1.29, 1.82) is 0 Å². The highest BCUT2D eigenvalue weighted by Gasteiger charge is 2.21. The first-order chi connectivity index (χ1) is 12.4. The lowest BCUT2D eigenvalue weighted by atomic mass is 10.0. The van der Waals surface area contributed by atoms with E-state index < -0.39 is 0 Å². The Hall–Kier alpha value is -2.59. The van der Waals surface area contributed by atoms with Crippen LogP contribution in [-0.4, -0.2) is 34.2 Å². The van der Waals surface area contributed by atoms with Crippen LogP contribution in [0.1, 0.15) is 18.4 Å². The third kappa shape index (κ3) is 3.91. The van der Waals surface area contributed by atoms with Gasteiger partial charge in [-0.3, -0.25) is 10.00 Å². The quantitative estimate of drug-likeness (QED) is 0.737. The van der Waals surface area contributed by atoms with E-state index >= 15 is 0 Å². The molecule has 2 aromatic carbocycles. The maximum atomic E-state index is 4.28. The number of aromatic amines is 1. The molecule has 2 N–H and O–H groups in total. The fourth-order valence-electron chi connectivity index (χ4n) is 3.61. The van der Waals surface area contributed by atoms with Crippen LogP contribution in [0.2, 0.25) is 0 Å². The minimum atomic E-state index is 0.503. The standard InChI is InChI=1S/C21H24N4/c1-3-8-17(9-4-1)21-18(14-22-24-21)15-25-13-7-12-20(16-25)23-19-10-5-2-6-11-19/h1-6,8-11,14,20,23H,7,12-13,15-16H2,(H,22,24)/t20-/m1/s1. The highest BCUT2D eigenvalue weighted by atomic mass is 15.2. The summed E-state index contributed by atoms with van der Waals surface area (Å²) < 4.78 is 0. The molecule has 0 aliphatic carbocycles. The number of likely N-dealkylation sites (tertiary alicyclic amines) is 1. The number of aromatic nitrogens is 2. The molecule has 1 fully saturated rings. The first-order valence-corrected chi connectivity index (χ1v) is 9.00. The van der Waals surface area contributed by atoms with Gasteiger partial charge in [-0.05, 0) is 37.1 Å². The number of piperidine rings is 1. The van der Waals surface area contributed by atoms with E-state index in [2.05, 4.69) is 75.0 Å². The summed E-state index contributed by atoms with van der Waals surface area (Å²) in [6.45, 7) is 3.15. The van der Waals surface area contributed by atoms with Crippen LogP contribution in [0.25, 0.3) is 11.3 Å². The Morgan fingerprint density at radius 2 is 1.80 bits per heavy atom. The van der Waals surface area contributed by atoms with Gasteiger partial charge in [0, 0.05) is 30.4 Å². The molecule has 0 saturated carbocycles. The number of para-hydroxylation sites is 1. The molecule has 0 spiro atoms. The summed E-state index contributed by atoms with van der Waals surface area (Å²) in [5.74, 6) is 0. The lowest BCUT2D eigenvalue weighted by molar-refractivity contribution is 0.209. The van der Waals surface area contributed by atoms with E-state index in [-0.39, 0.29) is 0 Å². The van der Waals surface area contributed by atoms with Crippen molar-refractivity contribution in [1.82, 2.24) is 15.1 Å². The van der Waals surface area contributed by atoms with Crippen molar-refractivity contribution >= 4 is 5.69 Å². The molecule has 1 saturated heterocycles. The smallest absolute Gasteiger partial charge is 0.0695 e. The Balaban J connectivity index is 1.42. The van der Waals surface area contributed by atoms with Gasteiger partial charge in [-0.1, -0.05) is 48.5 Å². The molecule has 3 aromatic rings. The van der Waals surface area contributed by atoms with Crippen molar-refractivity contribution in [3.8, 4) is 11.3 Å². The van der Waals surface area contributed by atoms with Crippen molar-refractivity contribution in [2.45, 2.75) is 25.4 Å². The van der Waals surface area contributed by atoms with E-state index in [0.29, 0.717) is 6.04 Å². The van der Waals surface area contributed by atoms with Gasteiger partial charge < -0.3 is 5.32 Å². The molecule has 1 aliphatic rings. The Morgan fingerprint density at radius 3 is 2.60 bits per heavy atom. The number of hydrogen-bond acceptors (Lipinski definition) is 3. The zero-order valence-electron chi connectivity index (χ0n) is 14.4. The topological polar surface area (TPSA) is 44.0 Å². The van der Waals surface area contributed by atoms with Crippen molar-refractivity contribution in [2.75, 3.05) is 18.4 Å². The van der Waals surface area contributed by atoms with E-state index in [4.69, 9.17) is 0 Å². The SMILES string of the molecule is c1ccc(N[C@@H]2CCCN(Cc3cn[nH]c3-c3ccccc3)C2)cc1. The van der Waals surface area contributed by atoms with Gasteiger partial charge in [0.25, 0.3) is 0 Å². The highest BCUT2D eigenvalue weighted by molar-refractivity contribution is 5.62. The van der Waals surface area contributed by atoms with Gasteiger partial charge in [-0.25, -0.2) is 0 Å². The third-order valence-corrected chi connectivity index (χ3v) is 4.82. The first-order valence-electron chi connectivity index (χ1n) is 9.00. The van der Waals surface area contributed by atoms with Crippen LogP contribution in [0.4, 0.5) is 5.69 Å². The summed E-state index contributed by atoms with van der Waals surface area (Å²) in [6, 6.07) is 21.5. The van der Waals surface area contributed by atoms with E-state index in [0.717, 1.165) is 25.3 Å². The molecule has 1 aliphatic heterocycles. The van der Waals surface area contributed by atoms with Crippen molar-refractivity contribution in [3.05, 3.63) is 72.4 Å². The second-order valence-corrected chi connectivity index (χ2v) is 6.72. The number of hydrogen-bond donors (Lipinski definition) is 2. The monoisotopic (exact) mass is 332 g/mol. The van der Waals surface area contributed by atoms with Crippen molar-refractivity contribution < 1.29 is 0 Å². The largest absolute Gasteiger partial charge is 0.381 e. The molecule has 0 radical (unpaired) electrons. The minimum absolute atomic E-state index is 0.503. The maximum Gasteiger partial charge on any atom is 0.0695 e. The number of benzene rings is 2. The summed E-state index contributed by atoms with van der Waals surface area (Å²) in [6.07, 6.45) is 4.42. The number of anilines is 1. The molecule has 4 rings (SSSR count). The zero-order chi connectivity index (χ0) is 16.9. The van der Waals surface area contributed by atoms with Crippen LogP contribution < -0.4 is 5.32 Å². The second-order valence-electron chi connectivity index (χ2n) is 6.72. The summed E-state index contributed by atoms with van der Waals surface area (Å²) >= 11 is 0. The van der Waals surface area contributed by atoms with Crippen LogP contribution in [0.15, 0.2) is 66.9 Å². The predicted molar refractivity (Wildman–Crippen MR) is 102 cm³/mol. The van der Waals surface area contributed by atoms with Crippen LogP contribution in [0.5, 0.6) is 0 Å². The van der Waals surface area contributed by atoms with E-state index in [1.54, 1.807) is 0 Å². The average Bonchev–Trinajstić information content (AvgIpc) is 3.12. The first kappa shape index (κ1) is 15.9. The van der Waals surface area contributed by atoms with E-state index in [1.807, 2.05) is 12.3 Å². The van der Waals surface area contributed by atoms with Gasteiger partial charge in [0.15, 0.2) is 0 Å². The Labute approximate surface area is 148 Å². The fourth-order valence-corrected chi connectivity index (χ4v) is 3.61. The normalized spacial score (nSPS) is 18.2. The van der Waals surface area contributed by atoms with Gasteiger partial charge in [0.05, 0.1) is 11.9 Å². The van der Waals surface area contributed by atoms with Crippen LogP contribution >= 0.6 is 0 Å². The Kier molecular flexibility index (Phi) is 4.79. The summed E-state index contributed by atoms with van der Waals surface area (Å²) in [7, 11) is 0. The van der Waals surface area contributed by atoms with Crippen LogP contribution in [-0.2, 0) is 6.54 Å². The summed E-state index contributed by atoms with van der Waals surface area (Å²) in [4.78, 5) is 2.53.